The van der Waals surface area contributed by atoms with Gasteiger partial charge in [0.15, 0.2) is 0 Å². The summed E-state index contributed by atoms with van der Waals surface area (Å²) in [6.45, 7) is 2.20. The molecule has 4 rings (SSSR count). The Morgan fingerprint density at radius 1 is 1.10 bits per heavy atom. The summed E-state index contributed by atoms with van der Waals surface area (Å²) in [6, 6.07) is 14.1. The zero-order valence-electron chi connectivity index (χ0n) is 16.0. The van der Waals surface area contributed by atoms with Crippen LogP contribution in [-0.4, -0.2) is 52.6 Å². The van der Waals surface area contributed by atoms with E-state index in [0.717, 1.165) is 5.56 Å². The molecule has 8 heteroatoms. The highest BCUT2D eigenvalue weighted by Gasteiger charge is 2.25. The van der Waals surface area contributed by atoms with Crippen LogP contribution in [-0.2, 0) is 16.0 Å². The first-order valence-electron chi connectivity index (χ1n) is 9.52. The molecule has 1 aliphatic heterocycles. The number of anilines is 1. The largest absolute Gasteiger partial charge is 0.378 e. The number of nitrogens with zero attached hydrogens (tertiary/aromatic N) is 3. The van der Waals surface area contributed by atoms with Crippen molar-refractivity contribution < 1.29 is 14.3 Å². The minimum atomic E-state index is -0.678. The Bertz CT molecular complexity index is 1040. The number of fused-ring (bicyclic) bond motifs is 1. The molecule has 0 radical (unpaired) electrons. The van der Waals surface area contributed by atoms with Gasteiger partial charge < -0.3 is 21.1 Å². The van der Waals surface area contributed by atoms with E-state index in [4.69, 9.17) is 16.2 Å². The fraction of sp³-hybridized carbons (Fsp3) is 0.286. The van der Waals surface area contributed by atoms with Gasteiger partial charge in [-0.05, 0) is 23.8 Å². The van der Waals surface area contributed by atoms with Crippen LogP contribution in [0.25, 0.3) is 11.0 Å². The third-order valence-corrected chi connectivity index (χ3v) is 5.17. The van der Waals surface area contributed by atoms with E-state index in [2.05, 4.69) is 4.98 Å². The highest BCUT2D eigenvalue weighted by Crippen LogP contribution is 2.26. The van der Waals surface area contributed by atoms with E-state index in [0.29, 0.717) is 49.3 Å². The SMILES string of the molecule is NC(=O)[C@@H](Cc1ccccc1)n1c(N)nc2cc(C(=O)N3CCOCC3)ccc21. The van der Waals surface area contributed by atoms with Gasteiger partial charge in [0.25, 0.3) is 5.91 Å². The molecule has 1 saturated heterocycles. The zero-order valence-corrected chi connectivity index (χ0v) is 16.0. The monoisotopic (exact) mass is 393 g/mol. The summed E-state index contributed by atoms with van der Waals surface area (Å²) in [7, 11) is 0. The molecule has 1 aliphatic rings. The summed E-state index contributed by atoms with van der Waals surface area (Å²) in [5, 5.41) is 0. The lowest BCUT2D eigenvalue weighted by atomic mass is 10.0. The van der Waals surface area contributed by atoms with Crippen molar-refractivity contribution >= 4 is 28.8 Å². The van der Waals surface area contributed by atoms with Crippen molar-refractivity contribution in [1.82, 2.24) is 14.5 Å². The molecule has 3 aromatic rings. The highest BCUT2D eigenvalue weighted by molar-refractivity contribution is 5.98. The molecule has 8 nitrogen and oxygen atoms in total. The Kier molecular flexibility index (Phi) is 5.18. The Labute approximate surface area is 168 Å². The molecule has 1 fully saturated rings. The van der Waals surface area contributed by atoms with Crippen LogP contribution >= 0.6 is 0 Å². The summed E-state index contributed by atoms with van der Waals surface area (Å²) in [4.78, 5) is 31.1. The van der Waals surface area contributed by atoms with Crippen LogP contribution < -0.4 is 11.5 Å². The number of carbonyl (C=O) groups is 2. The van der Waals surface area contributed by atoms with Gasteiger partial charge in [-0.2, -0.15) is 0 Å². The van der Waals surface area contributed by atoms with Crippen molar-refractivity contribution in [2.24, 2.45) is 5.73 Å². The number of hydrogen-bond donors (Lipinski definition) is 2. The molecule has 0 saturated carbocycles. The molecule has 150 valence electrons. The van der Waals surface area contributed by atoms with Gasteiger partial charge in [-0.15, -0.1) is 0 Å². The van der Waals surface area contributed by atoms with Crippen molar-refractivity contribution in [3.63, 3.8) is 0 Å². The van der Waals surface area contributed by atoms with Crippen molar-refractivity contribution in [3.8, 4) is 0 Å². The fourth-order valence-electron chi connectivity index (χ4n) is 3.68. The molecule has 0 bridgehead atoms. The van der Waals surface area contributed by atoms with Gasteiger partial charge in [0, 0.05) is 25.1 Å². The number of nitrogens with two attached hydrogens (primary N) is 2. The van der Waals surface area contributed by atoms with E-state index in [1.54, 1.807) is 27.7 Å². The van der Waals surface area contributed by atoms with Gasteiger partial charge in [-0.1, -0.05) is 30.3 Å². The maximum Gasteiger partial charge on any atom is 0.254 e. The molecule has 1 atom stereocenters. The first kappa shape index (κ1) is 18.9. The second-order valence-corrected chi connectivity index (χ2v) is 7.06. The molecular weight excluding hydrogens is 370 g/mol. The molecule has 0 spiro atoms. The summed E-state index contributed by atoms with van der Waals surface area (Å²) < 4.78 is 6.95. The molecule has 29 heavy (non-hydrogen) atoms. The lowest BCUT2D eigenvalue weighted by Gasteiger charge is -2.26. The molecule has 1 aromatic heterocycles. The minimum absolute atomic E-state index is 0.0703. The van der Waals surface area contributed by atoms with Gasteiger partial charge in [-0.3, -0.25) is 14.2 Å². The Balaban J connectivity index is 1.68. The van der Waals surface area contributed by atoms with Crippen molar-refractivity contribution in [1.29, 1.82) is 0 Å². The number of aromatic nitrogens is 2. The summed E-state index contributed by atoms with van der Waals surface area (Å²) >= 11 is 0. The maximum absolute atomic E-state index is 12.7. The van der Waals surface area contributed by atoms with Crippen molar-refractivity contribution in [2.45, 2.75) is 12.5 Å². The van der Waals surface area contributed by atoms with Crippen molar-refractivity contribution in [2.75, 3.05) is 32.0 Å². The zero-order chi connectivity index (χ0) is 20.4. The predicted octanol–water partition coefficient (Wildman–Crippen LogP) is 1.36. The van der Waals surface area contributed by atoms with Crippen LogP contribution in [0.4, 0.5) is 5.95 Å². The van der Waals surface area contributed by atoms with Crippen LogP contribution in [0.3, 0.4) is 0 Å². The van der Waals surface area contributed by atoms with Crippen molar-refractivity contribution in [3.05, 3.63) is 59.7 Å². The number of benzene rings is 2. The average Bonchev–Trinajstić information content (AvgIpc) is 3.07. The van der Waals surface area contributed by atoms with E-state index in [1.807, 2.05) is 30.3 Å². The second-order valence-electron chi connectivity index (χ2n) is 7.06. The van der Waals surface area contributed by atoms with E-state index in [-0.39, 0.29) is 11.9 Å². The standard InChI is InChI=1S/C21H23N5O3/c22-19(27)18(12-14-4-2-1-3-5-14)26-17-7-6-15(13-16(17)24-21(26)23)20(28)25-8-10-29-11-9-25/h1-7,13,18H,8-12H2,(H2,22,27)(H2,23,24)/t18-/m1/s1. The number of amides is 2. The highest BCUT2D eigenvalue weighted by atomic mass is 16.5. The number of imidazole rings is 1. The number of carbonyl (C=O) groups excluding carboxylic acids is 2. The second kappa shape index (κ2) is 7.92. The number of primary amides is 1. The molecule has 0 aliphatic carbocycles. The number of rotatable bonds is 5. The van der Waals surface area contributed by atoms with E-state index >= 15 is 0 Å². The molecule has 2 amide bonds. The van der Waals surface area contributed by atoms with E-state index in [1.165, 1.54) is 0 Å². The van der Waals surface area contributed by atoms with Gasteiger partial charge in [0.1, 0.15) is 6.04 Å². The van der Waals surface area contributed by atoms with Crippen LogP contribution in [0.5, 0.6) is 0 Å². The van der Waals surface area contributed by atoms with Crippen LogP contribution in [0.2, 0.25) is 0 Å². The van der Waals surface area contributed by atoms with Gasteiger partial charge in [0.2, 0.25) is 11.9 Å². The smallest absolute Gasteiger partial charge is 0.254 e. The molecule has 2 aromatic carbocycles. The van der Waals surface area contributed by atoms with Crippen LogP contribution in [0, 0.1) is 0 Å². The Morgan fingerprint density at radius 2 is 1.83 bits per heavy atom. The first-order chi connectivity index (χ1) is 14.0. The summed E-state index contributed by atoms with van der Waals surface area (Å²) in [5.74, 6) is -0.372. The summed E-state index contributed by atoms with van der Waals surface area (Å²) in [5.41, 5.74) is 14.6. The van der Waals surface area contributed by atoms with Crippen LogP contribution in [0.15, 0.2) is 48.5 Å². The minimum Gasteiger partial charge on any atom is -0.378 e. The molecule has 0 unspecified atom stereocenters. The quantitative estimate of drug-likeness (QED) is 0.679. The Morgan fingerprint density at radius 3 is 2.52 bits per heavy atom. The van der Waals surface area contributed by atoms with E-state index in [9.17, 15) is 9.59 Å². The third-order valence-electron chi connectivity index (χ3n) is 5.17. The lowest BCUT2D eigenvalue weighted by molar-refractivity contribution is -0.121. The predicted molar refractivity (Wildman–Crippen MR) is 109 cm³/mol. The first-order valence-corrected chi connectivity index (χ1v) is 9.52. The van der Waals surface area contributed by atoms with Gasteiger partial charge in [0.05, 0.1) is 24.2 Å². The maximum atomic E-state index is 12.7. The number of hydrogen-bond acceptors (Lipinski definition) is 5. The Hall–Kier alpha value is -3.39. The van der Waals surface area contributed by atoms with Gasteiger partial charge >= 0.3 is 0 Å². The molecule has 2 heterocycles. The van der Waals surface area contributed by atoms with Gasteiger partial charge in [-0.25, -0.2) is 4.98 Å². The number of morpholine rings is 1. The average molecular weight is 393 g/mol. The number of ether oxygens (including phenoxy) is 1. The number of nitrogen functional groups attached to an aromatic ring is 1. The fourth-order valence-corrected chi connectivity index (χ4v) is 3.68. The summed E-state index contributed by atoms with van der Waals surface area (Å²) in [6.07, 6.45) is 0.403. The molecular formula is C21H23N5O3. The van der Waals surface area contributed by atoms with Crippen LogP contribution in [0.1, 0.15) is 22.0 Å². The normalized spacial score (nSPS) is 15.4. The lowest BCUT2D eigenvalue weighted by Crippen LogP contribution is -2.40. The van der Waals surface area contributed by atoms with E-state index < -0.39 is 11.9 Å². The third kappa shape index (κ3) is 3.79. The molecule has 4 N–H and O–H groups in total. The topological polar surface area (TPSA) is 116 Å².